The molecule has 0 aliphatic carbocycles. The van der Waals surface area contributed by atoms with E-state index in [9.17, 15) is 13.2 Å². The number of carbonyl (C=O) groups is 1. The Hall–Kier alpha value is -2.05. The van der Waals surface area contributed by atoms with Crippen LogP contribution in [0.15, 0.2) is 53.4 Å². The average Bonchev–Trinajstić information content (AvgIpc) is 2.49. The van der Waals surface area contributed by atoms with E-state index in [1.54, 1.807) is 36.4 Å². The zero-order chi connectivity index (χ0) is 16.2. The first kappa shape index (κ1) is 16.3. The van der Waals surface area contributed by atoms with Crippen LogP contribution in [-0.4, -0.2) is 20.2 Å². The summed E-state index contributed by atoms with van der Waals surface area (Å²) in [6.07, 6.45) is 0. The number of nitrogens with one attached hydrogen (secondary N) is 2. The maximum atomic E-state index is 12.4. The number of carbonyl (C=O) groups excluding carboxylic acids is 1. The minimum Gasteiger partial charge on any atom is -0.323 e. The molecule has 2 aromatic rings. The third-order valence-electron chi connectivity index (χ3n) is 2.90. The lowest BCUT2D eigenvalue weighted by Crippen LogP contribution is -2.17. The van der Waals surface area contributed by atoms with E-state index in [1.165, 1.54) is 12.1 Å². The van der Waals surface area contributed by atoms with Crippen molar-refractivity contribution in [1.29, 1.82) is 0 Å². The van der Waals surface area contributed by atoms with Crippen LogP contribution in [0.2, 0.25) is 0 Å². The van der Waals surface area contributed by atoms with E-state index in [4.69, 9.17) is 11.6 Å². The Morgan fingerprint density at radius 2 is 1.64 bits per heavy atom. The second-order valence-electron chi connectivity index (χ2n) is 4.65. The second kappa shape index (κ2) is 6.81. The Kier molecular flexibility index (Phi) is 5.05. The van der Waals surface area contributed by atoms with Crippen LogP contribution in [0.5, 0.6) is 0 Å². The third-order valence-corrected chi connectivity index (χ3v) is 4.52. The molecule has 0 aliphatic heterocycles. The molecule has 0 saturated heterocycles. The summed E-state index contributed by atoms with van der Waals surface area (Å²) in [5, 5.41) is 2.55. The Labute approximate surface area is 134 Å². The fourth-order valence-corrected chi connectivity index (χ4v) is 2.93. The maximum absolute atomic E-state index is 12.4. The SMILES string of the molecule is Cc1ccc(S(=O)(=O)Nc2ccccc2NC(=O)CCl)cc1. The summed E-state index contributed by atoms with van der Waals surface area (Å²) in [7, 11) is -3.73. The van der Waals surface area contributed by atoms with Crippen LogP contribution < -0.4 is 10.0 Å². The first-order chi connectivity index (χ1) is 10.4. The molecule has 116 valence electrons. The number of benzene rings is 2. The van der Waals surface area contributed by atoms with Crippen molar-refractivity contribution in [3.05, 3.63) is 54.1 Å². The van der Waals surface area contributed by atoms with Gasteiger partial charge in [0.25, 0.3) is 10.0 Å². The average molecular weight is 339 g/mol. The number of para-hydroxylation sites is 2. The van der Waals surface area contributed by atoms with E-state index in [2.05, 4.69) is 10.0 Å². The molecule has 1 amide bonds. The fourth-order valence-electron chi connectivity index (χ4n) is 1.79. The van der Waals surface area contributed by atoms with Crippen LogP contribution in [0.4, 0.5) is 11.4 Å². The summed E-state index contributed by atoms with van der Waals surface area (Å²) < 4.78 is 27.2. The third kappa shape index (κ3) is 3.99. The van der Waals surface area contributed by atoms with Gasteiger partial charge < -0.3 is 5.32 Å². The van der Waals surface area contributed by atoms with Crippen LogP contribution in [0.3, 0.4) is 0 Å². The molecular formula is C15H15ClN2O3S. The van der Waals surface area contributed by atoms with Gasteiger partial charge in [-0.3, -0.25) is 9.52 Å². The number of anilines is 2. The topological polar surface area (TPSA) is 75.3 Å². The van der Waals surface area contributed by atoms with Crippen molar-refractivity contribution < 1.29 is 13.2 Å². The number of hydrogen-bond donors (Lipinski definition) is 2. The molecule has 5 nitrogen and oxygen atoms in total. The summed E-state index contributed by atoms with van der Waals surface area (Å²) in [6, 6.07) is 13.0. The minimum atomic E-state index is -3.73. The smallest absolute Gasteiger partial charge is 0.261 e. The van der Waals surface area contributed by atoms with Gasteiger partial charge in [-0.25, -0.2) is 8.42 Å². The van der Waals surface area contributed by atoms with Crippen LogP contribution in [0.1, 0.15) is 5.56 Å². The normalized spacial score (nSPS) is 11.0. The van der Waals surface area contributed by atoms with Crippen molar-refractivity contribution in [3.63, 3.8) is 0 Å². The molecule has 0 atom stereocenters. The number of amides is 1. The lowest BCUT2D eigenvalue weighted by Gasteiger charge is -2.13. The van der Waals surface area contributed by atoms with Crippen molar-refractivity contribution in [2.45, 2.75) is 11.8 Å². The van der Waals surface area contributed by atoms with Gasteiger partial charge in [-0.1, -0.05) is 29.8 Å². The van der Waals surface area contributed by atoms with Gasteiger partial charge in [0.15, 0.2) is 0 Å². The Morgan fingerprint density at radius 1 is 1.05 bits per heavy atom. The number of halogens is 1. The molecule has 2 aromatic carbocycles. The van der Waals surface area contributed by atoms with Gasteiger partial charge in [0.1, 0.15) is 5.88 Å². The summed E-state index contributed by atoms with van der Waals surface area (Å²) in [4.78, 5) is 11.5. The van der Waals surface area contributed by atoms with Crippen molar-refractivity contribution >= 4 is 38.9 Å². The van der Waals surface area contributed by atoms with Crippen molar-refractivity contribution in [2.24, 2.45) is 0 Å². The van der Waals surface area contributed by atoms with E-state index in [0.29, 0.717) is 5.69 Å². The van der Waals surface area contributed by atoms with E-state index in [1.807, 2.05) is 6.92 Å². The molecule has 22 heavy (non-hydrogen) atoms. The van der Waals surface area contributed by atoms with E-state index >= 15 is 0 Å². The first-order valence-corrected chi connectivity index (χ1v) is 8.48. The van der Waals surface area contributed by atoms with Crippen LogP contribution in [0, 0.1) is 6.92 Å². The molecule has 0 saturated carbocycles. The number of alkyl halides is 1. The molecule has 7 heteroatoms. The number of hydrogen-bond acceptors (Lipinski definition) is 3. The molecule has 0 bridgehead atoms. The monoisotopic (exact) mass is 338 g/mol. The number of rotatable bonds is 5. The Balaban J connectivity index is 2.30. The zero-order valence-electron chi connectivity index (χ0n) is 11.8. The van der Waals surface area contributed by atoms with Gasteiger partial charge in [-0.2, -0.15) is 0 Å². The van der Waals surface area contributed by atoms with Gasteiger partial charge in [0, 0.05) is 0 Å². The largest absolute Gasteiger partial charge is 0.323 e. The molecule has 0 aromatic heterocycles. The summed E-state index contributed by atoms with van der Waals surface area (Å²) in [6.45, 7) is 1.88. The zero-order valence-corrected chi connectivity index (χ0v) is 13.4. The lowest BCUT2D eigenvalue weighted by atomic mass is 10.2. The van der Waals surface area contributed by atoms with Crippen molar-refractivity contribution in [1.82, 2.24) is 0 Å². The molecule has 0 unspecified atom stereocenters. The Bertz CT molecular complexity index is 774. The Morgan fingerprint density at radius 3 is 2.23 bits per heavy atom. The summed E-state index contributed by atoms with van der Waals surface area (Å²) >= 11 is 5.45. The van der Waals surface area contributed by atoms with Gasteiger partial charge >= 0.3 is 0 Å². The molecule has 2 N–H and O–H groups in total. The predicted octanol–water partition coefficient (Wildman–Crippen LogP) is 2.97. The molecule has 0 aliphatic rings. The highest BCUT2D eigenvalue weighted by Crippen LogP contribution is 2.24. The van der Waals surface area contributed by atoms with E-state index < -0.39 is 15.9 Å². The predicted molar refractivity (Wildman–Crippen MR) is 87.8 cm³/mol. The quantitative estimate of drug-likeness (QED) is 0.823. The van der Waals surface area contributed by atoms with E-state index in [-0.39, 0.29) is 16.5 Å². The molecular weight excluding hydrogens is 324 g/mol. The minimum absolute atomic E-state index is 0.150. The van der Waals surface area contributed by atoms with Crippen molar-refractivity contribution in [3.8, 4) is 0 Å². The van der Waals surface area contributed by atoms with Crippen molar-refractivity contribution in [2.75, 3.05) is 15.9 Å². The van der Waals surface area contributed by atoms with Gasteiger partial charge in [-0.15, -0.1) is 11.6 Å². The van der Waals surface area contributed by atoms with Crippen LogP contribution in [-0.2, 0) is 14.8 Å². The number of sulfonamides is 1. The molecule has 2 rings (SSSR count). The highest BCUT2D eigenvalue weighted by Gasteiger charge is 2.16. The molecule has 0 radical (unpaired) electrons. The molecule has 0 heterocycles. The van der Waals surface area contributed by atoms with Crippen LogP contribution >= 0.6 is 11.6 Å². The highest BCUT2D eigenvalue weighted by molar-refractivity contribution is 7.92. The second-order valence-corrected chi connectivity index (χ2v) is 6.60. The van der Waals surface area contributed by atoms with Crippen LogP contribution in [0.25, 0.3) is 0 Å². The first-order valence-electron chi connectivity index (χ1n) is 6.47. The standard InChI is InChI=1S/C15H15ClN2O3S/c1-11-6-8-12(9-7-11)22(20,21)18-14-5-3-2-4-13(14)17-15(19)10-16/h2-9,18H,10H2,1H3,(H,17,19). The molecule has 0 fully saturated rings. The maximum Gasteiger partial charge on any atom is 0.261 e. The lowest BCUT2D eigenvalue weighted by molar-refractivity contribution is -0.113. The summed E-state index contributed by atoms with van der Waals surface area (Å²) in [5.41, 5.74) is 1.60. The van der Waals surface area contributed by atoms with Gasteiger partial charge in [-0.05, 0) is 31.2 Å². The fraction of sp³-hybridized carbons (Fsp3) is 0.133. The summed E-state index contributed by atoms with van der Waals surface area (Å²) in [5.74, 6) is -0.623. The van der Waals surface area contributed by atoms with Gasteiger partial charge in [0.2, 0.25) is 5.91 Å². The van der Waals surface area contributed by atoms with E-state index in [0.717, 1.165) is 5.56 Å². The highest BCUT2D eigenvalue weighted by atomic mass is 35.5. The van der Waals surface area contributed by atoms with Gasteiger partial charge in [0.05, 0.1) is 16.3 Å². The molecule has 0 spiro atoms. The number of aryl methyl sites for hydroxylation is 1.